The zero-order valence-corrected chi connectivity index (χ0v) is 17.1. The van der Waals surface area contributed by atoms with Gasteiger partial charge in [-0.05, 0) is 18.2 Å². The van der Waals surface area contributed by atoms with Crippen molar-refractivity contribution in [2.45, 2.75) is 13.1 Å². The number of ether oxygens (including phenoxy) is 1. The lowest BCUT2D eigenvalue weighted by atomic mass is 10.0. The molecule has 1 unspecified atom stereocenters. The molecule has 0 amide bonds. The smallest absolute Gasteiger partial charge is 0.232 e. The third kappa shape index (κ3) is 3.71. The van der Waals surface area contributed by atoms with E-state index in [4.69, 9.17) is 9.15 Å². The first-order valence-electron chi connectivity index (χ1n) is 10.2. The zero-order chi connectivity index (χ0) is 21.4. The lowest BCUT2D eigenvalue weighted by Gasteiger charge is -2.20. The van der Waals surface area contributed by atoms with E-state index in [0.29, 0.717) is 29.2 Å². The molecule has 0 saturated carbocycles. The molecule has 5 rings (SSSR count). The number of para-hydroxylation sites is 1. The molecule has 154 valence electrons. The van der Waals surface area contributed by atoms with E-state index in [-0.39, 0.29) is 17.3 Å². The molecule has 5 nitrogen and oxygen atoms in total. The molecule has 4 aromatic rings. The van der Waals surface area contributed by atoms with Crippen molar-refractivity contribution in [2.75, 3.05) is 7.05 Å². The number of ketones is 1. The van der Waals surface area contributed by atoms with Crippen LogP contribution in [0.1, 0.15) is 27.2 Å². The van der Waals surface area contributed by atoms with Crippen LogP contribution in [0.5, 0.6) is 11.5 Å². The van der Waals surface area contributed by atoms with Gasteiger partial charge < -0.3 is 19.2 Å². The van der Waals surface area contributed by atoms with E-state index in [2.05, 4.69) is 12.1 Å². The lowest BCUT2D eigenvalue weighted by molar-refractivity contribution is -0.907. The maximum absolute atomic E-state index is 12.9. The number of nitrogens with one attached hydrogen (secondary N) is 1. The van der Waals surface area contributed by atoms with E-state index < -0.39 is 0 Å². The minimum absolute atomic E-state index is 0.121. The largest absolute Gasteiger partial charge is 0.872 e. The van der Waals surface area contributed by atoms with Crippen molar-refractivity contribution in [1.82, 2.24) is 0 Å². The van der Waals surface area contributed by atoms with E-state index in [9.17, 15) is 9.90 Å². The second-order valence-corrected chi connectivity index (χ2v) is 7.84. The Balaban J connectivity index is 1.43. The predicted molar refractivity (Wildman–Crippen MR) is 116 cm³/mol. The van der Waals surface area contributed by atoms with Gasteiger partial charge in [0, 0.05) is 22.6 Å². The van der Waals surface area contributed by atoms with Gasteiger partial charge in [0.05, 0.1) is 12.6 Å². The number of carbonyl (C=O) groups excluding carboxylic acids is 1. The van der Waals surface area contributed by atoms with Crippen molar-refractivity contribution >= 4 is 22.8 Å². The number of hydrogen-bond donors (Lipinski definition) is 1. The predicted octanol–water partition coefficient (Wildman–Crippen LogP) is 3.34. The number of furan rings is 1. The van der Waals surface area contributed by atoms with Crippen LogP contribution in [-0.2, 0) is 13.1 Å². The van der Waals surface area contributed by atoms with Gasteiger partial charge in [0.15, 0.2) is 5.76 Å². The average molecular weight is 411 g/mol. The van der Waals surface area contributed by atoms with Gasteiger partial charge >= 0.3 is 0 Å². The summed E-state index contributed by atoms with van der Waals surface area (Å²) in [5.41, 5.74) is 2.87. The fraction of sp³-hybridized carbons (Fsp3) is 0.115. The number of hydrogen-bond acceptors (Lipinski definition) is 4. The Morgan fingerprint density at radius 3 is 2.55 bits per heavy atom. The summed E-state index contributed by atoms with van der Waals surface area (Å²) in [6, 6.07) is 22.6. The molecule has 1 aromatic heterocycles. The number of benzene rings is 3. The quantitative estimate of drug-likeness (QED) is 0.512. The van der Waals surface area contributed by atoms with Crippen molar-refractivity contribution in [2.24, 2.45) is 0 Å². The van der Waals surface area contributed by atoms with Crippen LogP contribution in [-0.4, -0.2) is 12.8 Å². The summed E-state index contributed by atoms with van der Waals surface area (Å²) >= 11 is 0. The number of quaternary nitrogens is 1. The fourth-order valence-electron chi connectivity index (χ4n) is 3.97. The molecule has 5 heteroatoms. The molecule has 3 aromatic carbocycles. The molecule has 1 aliphatic heterocycles. The molecule has 0 aliphatic carbocycles. The summed E-state index contributed by atoms with van der Waals surface area (Å²) < 4.78 is 11.7. The second kappa shape index (κ2) is 7.78. The first-order chi connectivity index (χ1) is 15.1. The molecule has 1 N–H and O–H groups in total. The van der Waals surface area contributed by atoms with Crippen LogP contribution in [0.2, 0.25) is 0 Å². The first kappa shape index (κ1) is 19.2. The van der Waals surface area contributed by atoms with Crippen LogP contribution in [0.25, 0.3) is 17.0 Å². The van der Waals surface area contributed by atoms with Crippen LogP contribution in [0.4, 0.5) is 0 Å². The molecule has 2 heterocycles. The summed E-state index contributed by atoms with van der Waals surface area (Å²) in [5, 5.41) is 13.6. The Morgan fingerprint density at radius 2 is 1.74 bits per heavy atom. The maximum Gasteiger partial charge on any atom is 0.232 e. The maximum atomic E-state index is 12.9. The van der Waals surface area contributed by atoms with Gasteiger partial charge in [0.2, 0.25) is 5.78 Å². The normalized spacial score (nSPS) is 15.3. The lowest BCUT2D eigenvalue weighted by Crippen LogP contribution is -3.06. The SMILES string of the molecule is C[NH+](Cc1ccccc1)Cc1c([O-])ccc2c1OC(=Cc1cc3ccccc3o1)C2=O. The molecule has 1 atom stereocenters. The topological polar surface area (TPSA) is 66.9 Å². The highest BCUT2D eigenvalue weighted by molar-refractivity contribution is 6.14. The Bertz CT molecular complexity index is 1270. The Hall–Kier alpha value is -3.83. The van der Waals surface area contributed by atoms with Crippen LogP contribution in [0, 0.1) is 0 Å². The van der Waals surface area contributed by atoms with Gasteiger partial charge in [-0.2, -0.15) is 0 Å². The van der Waals surface area contributed by atoms with Crippen molar-refractivity contribution < 1.29 is 24.0 Å². The number of fused-ring (bicyclic) bond motifs is 2. The van der Waals surface area contributed by atoms with E-state index in [1.165, 1.54) is 11.6 Å². The Kier molecular flexibility index (Phi) is 4.81. The highest BCUT2D eigenvalue weighted by atomic mass is 16.5. The van der Waals surface area contributed by atoms with Crippen molar-refractivity contribution in [1.29, 1.82) is 0 Å². The van der Waals surface area contributed by atoms with Crippen molar-refractivity contribution in [3.63, 3.8) is 0 Å². The van der Waals surface area contributed by atoms with E-state index in [1.807, 2.05) is 55.6 Å². The van der Waals surface area contributed by atoms with E-state index in [0.717, 1.165) is 22.4 Å². The molecule has 0 saturated heterocycles. The summed E-state index contributed by atoms with van der Waals surface area (Å²) in [7, 11) is 2.02. The monoisotopic (exact) mass is 411 g/mol. The molecule has 0 radical (unpaired) electrons. The van der Waals surface area contributed by atoms with Gasteiger partial charge in [-0.15, -0.1) is 0 Å². The second-order valence-electron chi connectivity index (χ2n) is 7.84. The third-order valence-electron chi connectivity index (χ3n) is 5.44. The molecule has 31 heavy (non-hydrogen) atoms. The minimum Gasteiger partial charge on any atom is -0.872 e. The highest BCUT2D eigenvalue weighted by Crippen LogP contribution is 2.38. The fourth-order valence-corrected chi connectivity index (χ4v) is 3.97. The van der Waals surface area contributed by atoms with Gasteiger partial charge in [-0.25, -0.2) is 0 Å². The van der Waals surface area contributed by atoms with Crippen molar-refractivity contribution in [3.8, 4) is 11.5 Å². The molecular formula is C26H21NO4. The first-order valence-corrected chi connectivity index (χ1v) is 10.2. The van der Waals surface area contributed by atoms with Crippen LogP contribution in [0.15, 0.2) is 83.0 Å². The summed E-state index contributed by atoms with van der Waals surface area (Å²) in [5.74, 6) is 0.711. The van der Waals surface area contributed by atoms with Gasteiger partial charge in [-0.3, -0.25) is 4.79 Å². The third-order valence-corrected chi connectivity index (χ3v) is 5.44. The Labute approximate surface area is 179 Å². The number of allylic oxidation sites excluding steroid dienone is 1. The molecular weight excluding hydrogens is 390 g/mol. The van der Waals surface area contributed by atoms with Gasteiger partial charge in [0.1, 0.15) is 30.2 Å². The summed E-state index contributed by atoms with van der Waals surface area (Å²) in [6.07, 6.45) is 1.59. The highest BCUT2D eigenvalue weighted by Gasteiger charge is 2.31. The number of rotatable bonds is 5. The Morgan fingerprint density at radius 1 is 0.968 bits per heavy atom. The standard InChI is InChI=1S/C26H21NO4/c1-27(15-17-7-3-2-4-8-17)16-21-22(28)12-11-20-25(29)24(31-26(20)21)14-19-13-18-9-5-6-10-23(18)30-19/h2-14,28H,15-16H2,1H3. The van der Waals surface area contributed by atoms with E-state index >= 15 is 0 Å². The molecule has 0 bridgehead atoms. The minimum atomic E-state index is -0.239. The zero-order valence-electron chi connectivity index (χ0n) is 17.1. The number of carbonyl (C=O) groups is 1. The van der Waals surface area contributed by atoms with Gasteiger partial charge in [0.25, 0.3) is 0 Å². The summed E-state index contributed by atoms with van der Waals surface area (Å²) in [6.45, 7) is 1.22. The number of Topliss-reactive ketones (excluding diaryl/α,β-unsaturated/α-hetero) is 1. The van der Waals surface area contributed by atoms with Crippen LogP contribution >= 0.6 is 0 Å². The summed E-state index contributed by atoms with van der Waals surface area (Å²) in [4.78, 5) is 14.0. The van der Waals surface area contributed by atoms with E-state index in [1.54, 1.807) is 12.1 Å². The average Bonchev–Trinajstić information content (AvgIpc) is 3.32. The van der Waals surface area contributed by atoms with Crippen LogP contribution in [0.3, 0.4) is 0 Å². The molecule has 1 aliphatic rings. The van der Waals surface area contributed by atoms with Crippen molar-refractivity contribution in [3.05, 3.63) is 101 Å². The molecule has 0 fully saturated rings. The molecule has 0 spiro atoms. The van der Waals surface area contributed by atoms with Gasteiger partial charge in [-0.1, -0.05) is 60.3 Å². The van der Waals surface area contributed by atoms with Crippen LogP contribution < -0.4 is 14.7 Å².